The number of thioether (sulfide) groups is 1. The van der Waals surface area contributed by atoms with Crippen LogP contribution in [0.1, 0.15) is 28.8 Å². The number of carbonyl (C=O) groups is 1. The number of likely N-dealkylation sites (tertiary alicyclic amines) is 1. The summed E-state index contributed by atoms with van der Waals surface area (Å²) in [5.74, 6) is 0.831. The van der Waals surface area contributed by atoms with E-state index in [-0.39, 0.29) is 5.91 Å². The Kier molecular flexibility index (Phi) is 5.52. The molecule has 0 bridgehead atoms. The first-order valence-electron chi connectivity index (χ1n) is 8.17. The molecule has 0 spiro atoms. The number of rotatable bonds is 5. The Hall–Kier alpha value is -1.86. The standard InChI is InChI=1S/C17H23N5OS/c1-21(2)14-7-5-9-22(10-14)16(23)15-8-4-3-6-13(15)11-24-17-18-12-19-20-17/h3-4,6,8,12,14H,5,7,9-11H2,1-2H3,(H,18,19,20). The second-order valence-electron chi connectivity index (χ2n) is 6.25. The van der Waals surface area contributed by atoms with Gasteiger partial charge in [0, 0.05) is 30.4 Å². The van der Waals surface area contributed by atoms with E-state index in [1.54, 1.807) is 11.8 Å². The van der Waals surface area contributed by atoms with Gasteiger partial charge in [-0.1, -0.05) is 30.0 Å². The summed E-state index contributed by atoms with van der Waals surface area (Å²) in [5.41, 5.74) is 1.83. The average Bonchev–Trinajstić information content (AvgIpc) is 3.13. The highest BCUT2D eigenvalue weighted by Gasteiger charge is 2.26. The van der Waals surface area contributed by atoms with Crippen molar-refractivity contribution in [3.8, 4) is 0 Å². The van der Waals surface area contributed by atoms with Crippen LogP contribution in [0.4, 0.5) is 0 Å². The lowest BCUT2D eigenvalue weighted by molar-refractivity contribution is 0.0634. The highest BCUT2D eigenvalue weighted by Crippen LogP contribution is 2.23. The van der Waals surface area contributed by atoms with Gasteiger partial charge in [0.15, 0.2) is 5.16 Å². The summed E-state index contributed by atoms with van der Waals surface area (Å²) < 4.78 is 0. The number of hydrogen-bond donors (Lipinski definition) is 1. The van der Waals surface area contributed by atoms with Crippen molar-refractivity contribution in [1.82, 2.24) is 25.0 Å². The summed E-state index contributed by atoms with van der Waals surface area (Å²) in [7, 11) is 4.17. The first kappa shape index (κ1) is 17.0. The Morgan fingerprint density at radius 2 is 2.25 bits per heavy atom. The smallest absolute Gasteiger partial charge is 0.254 e. The Morgan fingerprint density at radius 3 is 3.00 bits per heavy atom. The lowest BCUT2D eigenvalue weighted by atomic mass is 10.0. The fourth-order valence-corrected chi connectivity index (χ4v) is 3.78. The lowest BCUT2D eigenvalue weighted by Gasteiger charge is -2.36. The van der Waals surface area contributed by atoms with E-state index in [4.69, 9.17) is 0 Å². The van der Waals surface area contributed by atoms with Crippen LogP contribution >= 0.6 is 11.8 Å². The molecule has 6 nitrogen and oxygen atoms in total. The quantitative estimate of drug-likeness (QED) is 0.842. The van der Waals surface area contributed by atoms with E-state index < -0.39 is 0 Å². The molecule has 24 heavy (non-hydrogen) atoms. The van der Waals surface area contributed by atoms with E-state index in [0.29, 0.717) is 11.8 Å². The van der Waals surface area contributed by atoms with Crippen LogP contribution < -0.4 is 0 Å². The molecule has 0 aliphatic carbocycles. The van der Waals surface area contributed by atoms with Crippen LogP contribution in [0.15, 0.2) is 35.7 Å². The summed E-state index contributed by atoms with van der Waals surface area (Å²) in [6, 6.07) is 8.30. The molecule has 1 saturated heterocycles. The number of hydrogen-bond acceptors (Lipinski definition) is 5. The molecule has 1 N–H and O–H groups in total. The molecular formula is C17H23N5OS. The van der Waals surface area contributed by atoms with E-state index in [0.717, 1.165) is 42.2 Å². The predicted molar refractivity (Wildman–Crippen MR) is 95.0 cm³/mol. The topological polar surface area (TPSA) is 65.1 Å². The second kappa shape index (κ2) is 7.81. The van der Waals surface area contributed by atoms with Crippen LogP contribution in [0, 0.1) is 0 Å². The molecule has 1 atom stereocenters. The normalized spacial score (nSPS) is 18.1. The number of aromatic amines is 1. The van der Waals surface area contributed by atoms with E-state index in [1.165, 1.54) is 6.33 Å². The fourth-order valence-electron chi connectivity index (χ4n) is 3.00. The molecular weight excluding hydrogens is 322 g/mol. The molecule has 3 rings (SSSR count). The summed E-state index contributed by atoms with van der Waals surface area (Å²) in [5, 5.41) is 7.46. The van der Waals surface area contributed by atoms with Crippen molar-refractivity contribution in [2.75, 3.05) is 27.2 Å². The van der Waals surface area contributed by atoms with Gasteiger partial charge in [0.2, 0.25) is 0 Å². The van der Waals surface area contributed by atoms with Crippen LogP contribution in [-0.2, 0) is 5.75 Å². The summed E-state index contributed by atoms with van der Waals surface area (Å²) >= 11 is 1.56. The van der Waals surface area contributed by atoms with Crippen molar-refractivity contribution >= 4 is 17.7 Å². The molecule has 7 heteroatoms. The van der Waals surface area contributed by atoms with Gasteiger partial charge < -0.3 is 9.80 Å². The number of carbonyl (C=O) groups excluding carboxylic acids is 1. The van der Waals surface area contributed by atoms with E-state index in [1.807, 2.05) is 29.2 Å². The third kappa shape index (κ3) is 3.96. The number of nitrogens with zero attached hydrogens (tertiary/aromatic N) is 4. The number of piperidine rings is 1. The zero-order valence-electron chi connectivity index (χ0n) is 14.1. The molecule has 1 aromatic carbocycles. The zero-order valence-corrected chi connectivity index (χ0v) is 14.9. The van der Waals surface area contributed by atoms with Gasteiger partial charge in [-0.2, -0.15) is 5.10 Å². The first-order valence-corrected chi connectivity index (χ1v) is 9.15. The molecule has 1 amide bonds. The van der Waals surface area contributed by atoms with Crippen molar-refractivity contribution < 1.29 is 4.79 Å². The Balaban J connectivity index is 1.72. The number of likely N-dealkylation sites (N-methyl/N-ethyl adjacent to an activating group) is 1. The number of H-pyrrole nitrogens is 1. The molecule has 0 radical (unpaired) electrons. The van der Waals surface area contributed by atoms with Gasteiger partial charge in [-0.3, -0.25) is 9.89 Å². The van der Waals surface area contributed by atoms with Gasteiger partial charge in [-0.25, -0.2) is 4.98 Å². The molecule has 1 unspecified atom stereocenters. The molecule has 2 heterocycles. The molecule has 2 aromatic rings. The first-order chi connectivity index (χ1) is 11.6. The Labute approximate surface area is 146 Å². The molecule has 1 aromatic heterocycles. The molecule has 1 aliphatic rings. The number of benzene rings is 1. The Morgan fingerprint density at radius 1 is 1.42 bits per heavy atom. The molecule has 1 fully saturated rings. The lowest BCUT2D eigenvalue weighted by Crippen LogP contribution is -2.47. The predicted octanol–water partition coefficient (Wildman–Crippen LogP) is 2.26. The largest absolute Gasteiger partial charge is 0.337 e. The maximum Gasteiger partial charge on any atom is 0.254 e. The maximum absolute atomic E-state index is 13.0. The van der Waals surface area contributed by atoms with Gasteiger partial charge in [0.25, 0.3) is 5.91 Å². The summed E-state index contributed by atoms with van der Waals surface area (Å²) in [6.45, 7) is 1.64. The number of aromatic nitrogens is 3. The van der Waals surface area contributed by atoms with Gasteiger partial charge >= 0.3 is 0 Å². The average molecular weight is 345 g/mol. The van der Waals surface area contributed by atoms with Crippen LogP contribution in [0.2, 0.25) is 0 Å². The van der Waals surface area contributed by atoms with Crippen molar-refractivity contribution in [2.24, 2.45) is 0 Å². The summed E-state index contributed by atoms with van der Waals surface area (Å²) in [4.78, 5) is 21.3. The monoisotopic (exact) mass is 345 g/mol. The molecule has 1 aliphatic heterocycles. The zero-order chi connectivity index (χ0) is 16.9. The van der Waals surface area contributed by atoms with Crippen molar-refractivity contribution in [3.63, 3.8) is 0 Å². The van der Waals surface area contributed by atoms with E-state index in [9.17, 15) is 4.79 Å². The van der Waals surface area contributed by atoms with E-state index in [2.05, 4.69) is 34.2 Å². The van der Waals surface area contributed by atoms with Crippen LogP contribution in [-0.4, -0.2) is 64.1 Å². The molecule has 0 saturated carbocycles. The molecule has 128 valence electrons. The van der Waals surface area contributed by atoms with Crippen molar-refractivity contribution in [2.45, 2.75) is 29.8 Å². The highest BCUT2D eigenvalue weighted by molar-refractivity contribution is 7.98. The fraction of sp³-hybridized carbons (Fsp3) is 0.471. The Bertz CT molecular complexity index is 673. The van der Waals surface area contributed by atoms with Crippen LogP contribution in [0.3, 0.4) is 0 Å². The van der Waals surface area contributed by atoms with Crippen LogP contribution in [0.25, 0.3) is 0 Å². The second-order valence-corrected chi connectivity index (χ2v) is 7.21. The van der Waals surface area contributed by atoms with Gasteiger partial charge in [0.1, 0.15) is 6.33 Å². The maximum atomic E-state index is 13.0. The van der Waals surface area contributed by atoms with Crippen molar-refractivity contribution in [1.29, 1.82) is 0 Å². The van der Waals surface area contributed by atoms with Crippen LogP contribution in [0.5, 0.6) is 0 Å². The highest BCUT2D eigenvalue weighted by atomic mass is 32.2. The number of nitrogens with one attached hydrogen (secondary N) is 1. The SMILES string of the molecule is CN(C)C1CCCN(C(=O)c2ccccc2CSc2ncn[nH]2)C1. The van der Waals surface area contributed by atoms with Crippen molar-refractivity contribution in [3.05, 3.63) is 41.7 Å². The third-order valence-corrected chi connectivity index (χ3v) is 5.34. The van der Waals surface area contributed by atoms with Gasteiger partial charge in [-0.05, 0) is 38.6 Å². The minimum atomic E-state index is 0.135. The number of amides is 1. The van der Waals surface area contributed by atoms with Gasteiger partial charge in [-0.15, -0.1) is 0 Å². The minimum absolute atomic E-state index is 0.135. The minimum Gasteiger partial charge on any atom is -0.337 e. The summed E-state index contributed by atoms with van der Waals surface area (Å²) in [6.07, 6.45) is 3.71. The van der Waals surface area contributed by atoms with Gasteiger partial charge in [0.05, 0.1) is 0 Å². The third-order valence-electron chi connectivity index (χ3n) is 4.42. The van der Waals surface area contributed by atoms with E-state index >= 15 is 0 Å².